The van der Waals surface area contributed by atoms with Crippen molar-refractivity contribution in [3.05, 3.63) is 54.6 Å². The average molecular weight is 462 g/mol. The van der Waals surface area contributed by atoms with Gasteiger partial charge >= 0.3 is 11.9 Å². The Labute approximate surface area is 190 Å². The van der Waals surface area contributed by atoms with Gasteiger partial charge in [0.2, 0.25) is 5.91 Å². The van der Waals surface area contributed by atoms with Gasteiger partial charge in [0.15, 0.2) is 0 Å². The van der Waals surface area contributed by atoms with Crippen LogP contribution in [-0.4, -0.2) is 78.9 Å². The fourth-order valence-electron chi connectivity index (χ4n) is 2.73. The summed E-state index contributed by atoms with van der Waals surface area (Å²) in [7, 11) is 0. The fourth-order valence-corrected chi connectivity index (χ4v) is 3.66. The molecule has 172 valence electrons. The number of hydrogen-bond acceptors (Lipinski definition) is 7. The van der Waals surface area contributed by atoms with E-state index in [9.17, 15) is 4.79 Å². The van der Waals surface area contributed by atoms with Gasteiger partial charge in [-0.3, -0.25) is 9.69 Å². The first-order valence-corrected chi connectivity index (χ1v) is 10.9. The number of nitrogens with one attached hydrogen (secondary N) is 2. The maximum absolute atomic E-state index is 12.3. The van der Waals surface area contributed by atoms with Crippen LogP contribution in [0.4, 0.5) is 5.69 Å². The molecule has 0 unspecified atom stereocenters. The third-order valence-electron chi connectivity index (χ3n) is 4.31. The molecule has 10 heteroatoms. The van der Waals surface area contributed by atoms with E-state index in [-0.39, 0.29) is 5.91 Å². The largest absolute Gasteiger partial charge is 0.473 e. The third kappa shape index (κ3) is 9.92. The molecule has 1 saturated heterocycles. The van der Waals surface area contributed by atoms with E-state index in [1.54, 1.807) is 11.8 Å². The first kappa shape index (κ1) is 25.3. The minimum absolute atomic E-state index is 0.0203. The second-order valence-electron chi connectivity index (χ2n) is 6.70. The van der Waals surface area contributed by atoms with Crippen molar-refractivity contribution in [2.24, 2.45) is 0 Å². The summed E-state index contributed by atoms with van der Waals surface area (Å²) in [6.45, 7) is 5.60. The van der Waals surface area contributed by atoms with Crippen LogP contribution in [0.25, 0.3) is 0 Å². The summed E-state index contributed by atoms with van der Waals surface area (Å²) < 4.78 is 5.34. The molecule has 0 bridgehead atoms. The number of rotatable bonds is 8. The van der Waals surface area contributed by atoms with Gasteiger partial charge in [-0.15, -0.1) is 0 Å². The molecule has 1 amide bonds. The predicted molar refractivity (Wildman–Crippen MR) is 121 cm³/mol. The minimum Gasteiger partial charge on any atom is -0.473 e. The highest BCUT2D eigenvalue weighted by atomic mass is 32.2. The van der Waals surface area contributed by atoms with Gasteiger partial charge in [-0.1, -0.05) is 42.1 Å². The Morgan fingerprint density at radius 3 is 2.22 bits per heavy atom. The maximum atomic E-state index is 12.3. The minimum atomic E-state index is -1.82. The van der Waals surface area contributed by atoms with Crippen LogP contribution < -0.4 is 10.6 Å². The summed E-state index contributed by atoms with van der Waals surface area (Å²) in [5.41, 5.74) is 0.848. The van der Waals surface area contributed by atoms with Gasteiger partial charge in [0.25, 0.3) is 0 Å². The quantitative estimate of drug-likeness (QED) is 0.344. The number of nitrogens with zero attached hydrogens (tertiary/aromatic N) is 1. The number of carboxylic acid groups (broad SMARTS) is 2. The Balaban J connectivity index is 0.000000534. The summed E-state index contributed by atoms with van der Waals surface area (Å²) >= 11 is 1.65. The number of carbonyl (C=O) groups is 3. The molecule has 2 aromatic carbocycles. The van der Waals surface area contributed by atoms with Crippen molar-refractivity contribution in [2.45, 2.75) is 9.79 Å². The number of para-hydroxylation sites is 1. The monoisotopic (exact) mass is 461 g/mol. The molecule has 0 saturated carbocycles. The number of hydrogen-bond donors (Lipinski definition) is 4. The molecule has 1 aliphatic rings. The normalized spacial score (nSPS) is 13.5. The Morgan fingerprint density at radius 1 is 0.938 bits per heavy atom. The molecule has 1 heterocycles. The van der Waals surface area contributed by atoms with Crippen molar-refractivity contribution in [3.63, 3.8) is 0 Å². The standard InChI is InChI=1S/C20H25N3O2S.C2H2O4/c24-20(16-21-10-11-23-12-14-25-15-13-23)22-18-8-4-5-9-19(18)26-17-6-2-1-3-7-17;3-1(4)2(5)6/h1-9,21H,10-16H2,(H,22,24);(H,3,4)(H,5,6). The first-order chi connectivity index (χ1) is 15.5. The van der Waals surface area contributed by atoms with Gasteiger partial charge < -0.3 is 25.6 Å². The number of amides is 1. The van der Waals surface area contributed by atoms with E-state index in [4.69, 9.17) is 24.5 Å². The smallest absolute Gasteiger partial charge is 0.414 e. The Hall–Kier alpha value is -2.92. The van der Waals surface area contributed by atoms with Gasteiger partial charge in [-0.05, 0) is 24.3 Å². The number of benzene rings is 2. The Kier molecular flexibility index (Phi) is 11.2. The zero-order valence-electron chi connectivity index (χ0n) is 17.5. The Bertz CT molecular complexity index is 863. The van der Waals surface area contributed by atoms with E-state index >= 15 is 0 Å². The van der Waals surface area contributed by atoms with Crippen LogP contribution in [0.1, 0.15) is 0 Å². The summed E-state index contributed by atoms with van der Waals surface area (Å²) in [5.74, 6) is -3.67. The number of anilines is 1. The second kappa shape index (κ2) is 14.2. The van der Waals surface area contributed by atoms with Crippen molar-refractivity contribution in [3.8, 4) is 0 Å². The highest BCUT2D eigenvalue weighted by molar-refractivity contribution is 7.99. The van der Waals surface area contributed by atoms with Crippen molar-refractivity contribution in [2.75, 3.05) is 51.3 Å². The van der Waals surface area contributed by atoms with Crippen LogP contribution in [0.2, 0.25) is 0 Å². The molecule has 0 aromatic heterocycles. The van der Waals surface area contributed by atoms with E-state index in [2.05, 4.69) is 27.7 Å². The van der Waals surface area contributed by atoms with Crippen molar-refractivity contribution >= 4 is 35.3 Å². The maximum Gasteiger partial charge on any atom is 0.414 e. The third-order valence-corrected chi connectivity index (χ3v) is 5.39. The lowest BCUT2D eigenvalue weighted by Crippen LogP contribution is -2.41. The van der Waals surface area contributed by atoms with Crippen LogP contribution in [0.3, 0.4) is 0 Å². The highest BCUT2D eigenvalue weighted by Gasteiger charge is 2.10. The van der Waals surface area contributed by atoms with Crippen LogP contribution in [0, 0.1) is 0 Å². The van der Waals surface area contributed by atoms with Gasteiger partial charge in [0, 0.05) is 36.0 Å². The molecule has 2 aromatic rings. The summed E-state index contributed by atoms with van der Waals surface area (Å²) in [5, 5.41) is 21.0. The fraction of sp³-hybridized carbons (Fsp3) is 0.318. The van der Waals surface area contributed by atoms with Gasteiger partial charge in [0.1, 0.15) is 0 Å². The summed E-state index contributed by atoms with van der Waals surface area (Å²) in [6.07, 6.45) is 0. The number of carboxylic acids is 2. The van der Waals surface area contributed by atoms with E-state index in [1.165, 1.54) is 0 Å². The Morgan fingerprint density at radius 2 is 1.56 bits per heavy atom. The van der Waals surface area contributed by atoms with Crippen molar-refractivity contribution in [1.29, 1.82) is 0 Å². The molecular formula is C22H27N3O6S. The number of aliphatic carboxylic acids is 2. The molecule has 0 spiro atoms. The van der Waals surface area contributed by atoms with Crippen LogP contribution in [0.15, 0.2) is 64.4 Å². The molecule has 9 nitrogen and oxygen atoms in total. The van der Waals surface area contributed by atoms with E-state index < -0.39 is 11.9 Å². The van der Waals surface area contributed by atoms with Gasteiger partial charge in [-0.2, -0.15) is 0 Å². The highest BCUT2D eigenvalue weighted by Crippen LogP contribution is 2.33. The van der Waals surface area contributed by atoms with Crippen LogP contribution in [-0.2, 0) is 19.1 Å². The van der Waals surface area contributed by atoms with E-state index in [0.717, 1.165) is 54.9 Å². The molecule has 1 fully saturated rings. The lowest BCUT2D eigenvalue weighted by Gasteiger charge is -2.26. The average Bonchev–Trinajstić information content (AvgIpc) is 2.80. The summed E-state index contributed by atoms with van der Waals surface area (Å²) in [4.78, 5) is 35.0. The topological polar surface area (TPSA) is 128 Å². The van der Waals surface area contributed by atoms with Crippen LogP contribution >= 0.6 is 11.8 Å². The summed E-state index contributed by atoms with van der Waals surface area (Å²) in [6, 6.07) is 18.1. The van der Waals surface area contributed by atoms with Crippen molar-refractivity contribution in [1.82, 2.24) is 10.2 Å². The number of carbonyl (C=O) groups excluding carboxylic acids is 1. The SMILES string of the molecule is O=C(CNCCN1CCOCC1)Nc1ccccc1Sc1ccccc1.O=C(O)C(=O)O. The molecule has 1 aliphatic heterocycles. The second-order valence-corrected chi connectivity index (χ2v) is 7.82. The van der Waals surface area contributed by atoms with E-state index in [1.807, 2.05) is 42.5 Å². The molecule has 0 aliphatic carbocycles. The molecule has 0 radical (unpaired) electrons. The predicted octanol–water partition coefficient (Wildman–Crippen LogP) is 1.85. The molecule has 4 N–H and O–H groups in total. The molecule has 32 heavy (non-hydrogen) atoms. The van der Waals surface area contributed by atoms with Gasteiger partial charge in [-0.25, -0.2) is 9.59 Å². The number of ether oxygens (including phenoxy) is 1. The van der Waals surface area contributed by atoms with E-state index in [0.29, 0.717) is 6.54 Å². The molecule has 3 rings (SSSR count). The van der Waals surface area contributed by atoms with Crippen LogP contribution in [0.5, 0.6) is 0 Å². The molecular weight excluding hydrogens is 434 g/mol. The number of morpholine rings is 1. The zero-order valence-corrected chi connectivity index (χ0v) is 18.3. The lowest BCUT2D eigenvalue weighted by atomic mass is 10.3. The van der Waals surface area contributed by atoms with Gasteiger partial charge in [0.05, 0.1) is 25.4 Å². The lowest BCUT2D eigenvalue weighted by molar-refractivity contribution is -0.159. The first-order valence-electron chi connectivity index (χ1n) is 10.0. The molecule has 0 atom stereocenters. The van der Waals surface area contributed by atoms with Crippen molar-refractivity contribution < 1.29 is 29.3 Å². The zero-order chi connectivity index (χ0) is 23.2.